The van der Waals surface area contributed by atoms with Gasteiger partial charge in [-0.25, -0.2) is 4.79 Å². The van der Waals surface area contributed by atoms with Gasteiger partial charge in [0.25, 0.3) is 0 Å². The largest absolute Gasteiger partial charge is 0.459 e. The first-order chi connectivity index (χ1) is 8.72. The van der Waals surface area contributed by atoms with E-state index in [-0.39, 0.29) is 12.1 Å². The average molecular weight is 252 g/mol. The first-order valence-electron chi connectivity index (χ1n) is 6.83. The van der Waals surface area contributed by atoms with Crippen molar-refractivity contribution in [3.8, 4) is 0 Å². The molecule has 4 atom stereocenters. The molecule has 0 aromatic carbocycles. The van der Waals surface area contributed by atoms with E-state index in [1.54, 1.807) is 0 Å². The minimum Gasteiger partial charge on any atom is -0.459 e. The highest BCUT2D eigenvalue weighted by atomic mass is 16.6. The molecule has 0 spiro atoms. The van der Waals surface area contributed by atoms with Gasteiger partial charge in [0.1, 0.15) is 12.7 Å². The minimum atomic E-state index is -0.207. The molecule has 0 aromatic heterocycles. The molecular weight excluding hydrogens is 232 g/mol. The van der Waals surface area contributed by atoms with Crippen LogP contribution in [0.3, 0.4) is 0 Å². The number of carbonyl (C=O) groups is 1. The summed E-state index contributed by atoms with van der Waals surface area (Å²) < 4.78 is 15.6. The number of esters is 1. The van der Waals surface area contributed by atoms with Crippen LogP contribution in [0, 0.1) is 5.92 Å². The number of allylic oxidation sites excluding steroid dienone is 1. The van der Waals surface area contributed by atoms with Gasteiger partial charge in [0.2, 0.25) is 0 Å². The molecule has 0 bridgehead atoms. The summed E-state index contributed by atoms with van der Waals surface area (Å²) in [5.41, 5.74) is 0.717. The molecule has 1 aliphatic carbocycles. The second-order valence-corrected chi connectivity index (χ2v) is 5.57. The first kappa shape index (κ1) is 12.2. The molecule has 0 N–H and O–H groups in total. The van der Waals surface area contributed by atoms with Crippen molar-refractivity contribution in [3.63, 3.8) is 0 Å². The molecule has 1 saturated carbocycles. The van der Waals surface area contributed by atoms with Crippen LogP contribution in [0.2, 0.25) is 0 Å². The van der Waals surface area contributed by atoms with E-state index in [1.165, 1.54) is 12.8 Å². The van der Waals surface area contributed by atoms with Gasteiger partial charge >= 0.3 is 5.97 Å². The summed E-state index contributed by atoms with van der Waals surface area (Å²) in [6.45, 7) is 2.95. The fourth-order valence-corrected chi connectivity index (χ4v) is 2.57. The van der Waals surface area contributed by atoms with E-state index >= 15 is 0 Å². The number of hydrogen-bond acceptors (Lipinski definition) is 4. The van der Waals surface area contributed by atoms with Crippen molar-refractivity contribution in [3.05, 3.63) is 11.6 Å². The first-order valence-corrected chi connectivity index (χ1v) is 6.83. The van der Waals surface area contributed by atoms with E-state index in [0.717, 1.165) is 25.0 Å². The highest BCUT2D eigenvalue weighted by molar-refractivity contribution is 5.87. The van der Waals surface area contributed by atoms with E-state index in [1.807, 2.05) is 13.0 Å². The Hall–Kier alpha value is -0.870. The van der Waals surface area contributed by atoms with Gasteiger partial charge in [0.05, 0.1) is 18.8 Å². The molecule has 2 saturated heterocycles. The van der Waals surface area contributed by atoms with Crippen molar-refractivity contribution in [1.29, 1.82) is 0 Å². The molecule has 2 aliphatic heterocycles. The maximum absolute atomic E-state index is 11.6. The predicted molar refractivity (Wildman–Crippen MR) is 65.1 cm³/mol. The summed E-state index contributed by atoms with van der Waals surface area (Å²) in [7, 11) is 0. The molecule has 3 aliphatic rings. The SMILES string of the molecule is CC(=CCC1CCC2OC2C1)C(=O)OCC1CO1. The summed E-state index contributed by atoms with van der Waals surface area (Å²) in [6, 6.07) is 0. The zero-order chi connectivity index (χ0) is 12.5. The Labute approximate surface area is 107 Å². The Morgan fingerprint density at radius 3 is 2.94 bits per heavy atom. The van der Waals surface area contributed by atoms with Gasteiger partial charge in [0, 0.05) is 5.57 Å². The second kappa shape index (κ2) is 5.02. The van der Waals surface area contributed by atoms with Crippen LogP contribution in [0.15, 0.2) is 11.6 Å². The lowest BCUT2D eigenvalue weighted by atomic mass is 9.86. The van der Waals surface area contributed by atoms with Gasteiger partial charge in [-0.15, -0.1) is 0 Å². The normalized spacial score (nSPS) is 37.9. The maximum atomic E-state index is 11.6. The van der Waals surface area contributed by atoms with Crippen LogP contribution in [-0.4, -0.2) is 37.5 Å². The molecule has 100 valence electrons. The molecule has 0 aromatic rings. The van der Waals surface area contributed by atoms with Gasteiger partial charge in [-0.1, -0.05) is 6.08 Å². The van der Waals surface area contributed by atoms with Crippen LogP contribution in [-0.2, 0) is 19.0 Å². The summed E-state index contributed by atoms with van der Waals surface area (Å²) >= 11 is 0. The smallest absolute Gasteiger partial charge is 0.333 e. The van der Waals surface area contributed by atoms with E-state index in [4.69, 9.17) is 14.2 Å². The lowest BCUT2D eigenvalue weighted by Gasteiger charge is -2.17. The zero-order valence-corrected chi connectivity index (χ0v) is 10.8. The van der Waals surface area contributed by atoms with Crippen molar-refractivity contribution in [2.75, 3.05) is 13.2 Å². The number of hydrogen-bond donors (Lipinski definition) is 0. The maximum Gasteiger partial charge on any atom is 0.333 e. The quantitative estimate of drug-likeness (QED) is 0.425. The zero-order valence-electron chi connectivity index (χ0n) is 10.8. The Morgan fingerprint density at radius 2 is 2.22 bits per heavy atom. The summed E-state index contributed by atoms with van der Waals surface area (Å²) in [6.07, 6.45) is 7.74. The Morgan fingerprint density at radius 1 is 1.39 bits per heavy atom. The third-order valence-electron chi connectivity index (χ3n) is 3.99. The fourth-order valence-electron chi connectivity index (χ4n) is 2.57. The summed E-state index contributed by atoms with van der Waals surface area (Å²) in [5, 5.41) is 0. The van der Waals surface area contributed by atoms with Crippen LogP contribution in [0.4, 0.5) is 0 Å². The molecule has 4 nitrogen and oxygen atoms in total. The van der Waals surface area contributed by atoms with Crippen molar-refractivity contribution in [2.24, 2.45) is 5.92 Å². The molecule has 3 rings (SSSR count). The number of carbonyl (C=O) groups excluding carboxylic acids is 1. The van der Waals surface area contributed by atoms with Crippen LogP contribution < -0.4 is 0 Å². The fraction of sp³-hybridized carbons (Fsp3) is 0.786. The number of epoxide rings is 2. The van der Waals surface area contributed by atoms with Crippen LogP contribution in [0.25, 0.3) is 0 Å². The molecule has 4 unspecified atom stereocenters. The Bertz CT molecular complexity index is 359. The molecule has 0 amide bonds. The van der Waals surface area contributed by atoms with E-state index in [0.29, 0.717) is 24.7 Å². The summed E-state index contributed by atoms with van der Waals surface area (Å²) in [4.78, 5) is 11.6. The van der Waals surface area contributed by atoms with Crippen LogP contribution in [0.1, 0.15) is 32.6 Å². The van der Waals surface area contributed by atoms with Crippen molar-refractivity contribution in [1.82, 2.24) is 0 Å². The second-order valence-electron chi connectivity index (χ2n) is 5.57. The molecule has 0 radical (unpaired) electrons. The van der Waals surface area contributed by atoms with Gasteiger partial charge < -0.3 is 14.2 Å². The Balaban J connectivity index is 1.40. The topological polar surface area (TPSA) is 51.4 Å². The lowest BCUT2D eigenvalue weighted by Crippen LogP contribution is -2.14. The van der Waals surface area contributed by atoms with Gasteiger partial charge in [0.15, 0.2) is 0 Å². The third-order valence-corrected chi connectivity index (χ3v) is 3.99. The number of fused-ring (bicyclic) bond motifs is 1. The molecular formula is C14H20O4. The van der Waals surface area contributed by atoms with E-state index in [9.17, 15) is 4.79 Å². The Kier molecular flexibility index (Phi) is 3.39. The molecule has 2 heterocycles. The predicted octanol–water partition coefficient (Wildman–Crippen LogP) is 1.83. The van der Waals surface area contributed by atoms with Gasteiger partial charge in [-0.05, 0) is 38.5 Å². The van der Waals surface area contributed by atoms with Crippen molar-refractivity contribution in [2.45, 2.75) is 50.9 Å². The highest BCUT2D eigenvalue weighted by Gasteiger charge is 2.43. The highest BCUT2D eigenvalue weighted by Crippen LogP contribution is 2.40. The molecule has 18 heavy (non-hydrogen) atoms. The summed E-state index contributed by atoms with van der Waals surface area (Å²) in [5.74, 6) is 0.463. The molecule has 4 heteroatoms. The standard InChI is InChI=1S/C14H20O4/c1-9(14(15)17-8-11-7-16-11)2-3-10-4-5-12-13(6-10)18-12/h2,10-13H,3-8H2,1H3. The minimum absolute atomic E-state index is 0.143. The molecule has 3 fully saturated rings. The monoisotopic (exact) mass is 252 g/mol. The van der Waals surface area contributed by atoms with Gasteiger partial charge in [-0.2, -0.15) is 0 Å². The van der Waals surface area contributed by atoms with E-state index < -0.39 is 0 Å². The average Bonchev–Trinajstić information content (AvgIpc) is 3.26. The van der Waals surface area contributed by atoms with Crippen molar-refractivity contribution < 1.29 is 19.0 Å². The van der Waals surface area contributed by atoms with Crippen LogP contribution in [0.5, 0.6) is 0 Å². The lowest BCUT2D eigenvalue weighted by molar-refractivity contribution is -0.139. The van der Waals surface area contributed by atoms with Crippen LogP contribution >= 0.6 is 0 Å². The number of ether oxygens (including phenoxy) is 3. The van der Waals surface area contributed by atoms with E-state index in [2.05, 4.69) is 0 Å². The third kappa shape index (κ3) is 3.12. The number of rotatable bonds is 5. The van der Waals surface area contributed by atoms with Crippen molar-refractivity contribution >= 4 is 5.97 Å². The van der Waals surface area contributed by atoms with Gasteiger partial charge in [-0.3, -0.25) is 0 Å².